The van der Waals surface area contributed by atoms with Gasteiger partial charge in [0.15, 0.2) is 0 Å². The minimum atomic E-state index is -0.504. The number of nitrogens with zero attached hydrogens (tertiary/aromatic N) is 4. The number of halogens is 2. The molecule has 1 aromatic carbocycles. The number of aromatic nitrogens is 3. The maximum absolute atomic E-state index is 11.9. The van der Waals surface area contributed by atoms with Crippen LogP contribution in [0.1, 0.15) is 5.56 Å². The molecule has 0 radical (unpaired) electrons. The summed E-state index contributed by atoms with van der Waals surface area (Å²) < 4.78 is 1.14. The molecule has 0 aliphatic carbocycles. The fraction of sp³-hybridized carbons (Fsp3) is 0.182. The average molecular weight is 330 g/mol. The first-order valence-corrected chi connectivity index (χ1v) is 6.43. The lowest BCUT2D eigenvalue weighted by Crippen LogP contribution is -2.20. The molecule has 0 spiro atoms. The van der Waals surface area contributed by atoms with E-state index in [0.29, 0.717) is 11.3 Å². The van der Waals surface area contributed by atoms with Gasteiger partial charge in [0.25, 0.3) is 5.69 Å². The van der Waals surface area contributed by atoms with E-state index >= 15 is 0 Å². The number of nitrogens with one attached hydrogen (secondary N) is 1. The molecule has 2 aromatic rings. The summed E-state index contributed by atoms with van der Waals surface area (Å²) >= 11 is 11.3. The molecule has 0 saturated carbocycles. The van der Waals surface area contributed by atoms with Crippen molar-refractivity contribution in [3.05, 3.63) is 44.4 Å². The number of hydrogen-bond acceptors (Lipinski definition) is 5. The summed E-state index contributed by atoms with van der Waals surface area (Å²) in [5, 5.41) is 16.9. The Morgan fingerprint density at radius 3 is 2.71 bits per heavy atom. The van der Waals surface area contributed by atoms with Gasteiger partial charge in [0.2, 0.25) is 16.5 Å². The van der Waals surface area contributed by atoms with E-state index in [1.165, 1.54) is 18.2 Å². The highest BCUT2D eigenvalue weighted by Crippen LogP contribution is 2.21. The van der Waals surface area contributed by atoms with E-state index in [0.717, 1.165) is 4.68 Å². The van der Waals surface area contributed by atoms with Gasteiger partial charge in [-0.2, -0.15) is 4.98 Å². The predicted molar refractivity (Wildman–Crippen MR) is 76.5 cm³/mol. The van der Waals surface area contributed by atoms with Crippen molar-refractivity contribution in [2.45, 2.75) is 13.5 Å². The van der Waals surface area contributed by atoms with Crippen LogP contribution in [0.4, 0.5) is 11.4 Å². The number of anilines is 1. The van der Waals surface area contributed by atoms with Crippen molar-refractivity contribution in [1.82, 2.24) is 14.8 Å². The molecule has 0 atom stereocenters. The monoisotopic (exact) mass is 329 g/mol. The summed E-state index contributed by atoms with van der Waals surface area (Å²) in [6, 6.07) is 4.14. The fourth-order valence-electron chi connectivity index (χ4n) is 1.63. The highest BCUT2D eigenvalue weighted by molar-refractivity contribution is 6.31. The number of hydrogen-bond donors (Lipinski definition) is 1. The van der Waals surface area contributed by atoms with Crippen molar-refractivity contribution < 1.29 is 9.72 Å². The topological polar surface area (TPSA) is 103 Å². The zero-order valence-electron chi connectivity index (χ0n) is 10.7. The number of rotatable bonds is 4. The first-order chi connectivity index (χ1) is 9.86. The van der Waals surface area contributed by atoms with Crippen LogP contribution in [0.25, 0.3) is 0 Å². The Bertz CT molecular complexity index is 716. The third-order valence-electron chi connectivity index (χ3n) is 2.59. The molecule has 0 aliphatic rings. The lowest BCUT2D eigenvalue weighted by molar-refractivity contribution is -0.384. The van der Waals surface area contributed by atoms with Crippen LogP contribution in [0.5, 0.6) is 0 Å². The summed E-state index contributed by atoms with van der Waals surface area (Å²) in [7, 11) is 0. The van der Waals surface area contributed by atoms with Crippen LogP contribution >= 0.6 is 23.2 Å². The SMILES string of the molecule is Cc1cc([N+](=O)[O-])ccc1NC(=O)Cn1nc(Cl)nc1Cl. The van der Waals surface area contributed by atoms with Crippen LogP contribution in [0.15, 0.2) is 18.2 Å². The number of carbonyl (C=O) groups is 1. The number of non-ortho nitro benzene ring substituents is 1. The van der Waals surface area contributed by atoms with Crippen LogP contribution in [0.3, 0.4) is 0 Å². The summed E-state index contributed by atoms with van der Waals surface area (Å²) in [6.45, 7) is 1.48. The van der Waals surface area contributed by atoms with Crippen LogP contribution in [0, 0.1) is 17.0 Å². The standard InChI is InChI=1S/C11H9Cl2N5O3/c1-6-4-7(18(20)21)2-3-8(6)14-9(19)5-17-11(13)15-10(12)16-17/h2-4H,5H2,1H3,(H,14,19). The van der Waals surface area contributed by atoms with Crippen LogP contribution in [0.2, 0.25) is 10.6 Å². The lowest BCUT2D eigenvalue weighted by Gasteiger charge is -2.08. The van der Waals surface area contributed by atoms with Crippen molar-refractivity contribution in [1.29, 1.82) is 0 Å². The molecule has 21 heavy (non-hydrogen) atoms. The molecule has 110 valence electrons. The van der Waals surface area contributed by atoms with Crippen molar-refractivity contribution >= 4 is 40.5 Å². The van der Waals surface area contributed by atoms with Crippen LogP contribution < -0.4 is 5.32 Å². The fourth-order valence-corrected chi connectivity index (χ4v) is 2.02. The van der Waals surface area contributed by atoms with Crippen molar-refractivity contribution in [3.8, 4) is 0 Å². The van der Waals surface area contributed by atoms with Gasteiger partial charge in [-0.15, -0.1) is 5.10 Å². The Kier molecular flexibility index (Phi) is 4.39. The first-order valence-electron chi connectivity index (χ1n) is 5.67. The zero-order chi connectivity index (χ0) is 15.6. The number of nitro benzene ring substituents is 1. The van der Waals surface area contributed by atoms with Gasteiger partial charge >= 0.3 is 0 Å². The van der Waals surface area contributed by atoms with Gasteiger partial charge in [-0.25, -0.2) is 4.68 Å². The van der Waals surface area contributed by atoms with Gasteiger partial charge in [-0.3, -0.25) is 14.9 Å². The first kappa shape index (κ1) is 15.2. The smallest absolute Gasteiger partial charge is 0.269 e. The molecule has 2 rings (SSSR count). The second-order valence-electron chi connectivity index (χ2n) is 4.11. The maximum atomic E-state index is 11.9. The molecule has 1 N–H and O–H groups in total. The summed E-state index contributed by atoms with van der Waals surface area (Å²) in [4.78, 5) is 25.7. The third kappa shape index (κ3) is 3.67. The lowest BCUT2D eigenvalue weighted by atomic mass is 10.2. The van der Waals surface area contributed by atoms with E-state index in [1.54, 1.807) is 6.92 Å². The summed E-state index contributed by atoms with van der Waals surface area (Å²) in [5.74, 6) is -0.407. The number of aryl methyl sites for hydroxylation is 1. The number of amides is 1. The Balaban J connectivity index is 2.09. The minimum absolute atomic E-state index is 0.00410. The molecule has 1 aromatic heterocycles. The van der Waals surface area contributed by atoms with Crippen molar-refractivity contribution in [2.24, 2.45) is 0 Å². The maximum Gasteiger partial charge on any atom is 0.269 e. The highest BCUT2D eigenvalue weighted by atomic mass is 35.5. The zero-order valence-corrected chi connectivity index (χ0v) is 12.2. The van der Waals surface area contributed by atoms with E-state index in [-0.39, 0.29) is 22.8 Å². The number of benzene rings is 1. The van der Waals surface area contributed by atoms with E-state index in [1.807, 2.05) is 0 Å². The molecule has 0 saturated heterocycles. The Morgan fingerprint density at radius 1 is 1.48 bits per heavy atom. The van der Waals surface area contributed by atoms with Gasteiger partial charge in [-0.05, 0) is 41.8 Å². The normalized spacial score (nSPS) is 10.4. The van der Waals surface area contributed by atoms with Gasteiger partial charge in [-0.1, -0.05) is 0 Å². The van der Waals surface area contributed by atoms with E-state index in [2.05, 4.69) is 15.4 Å². The Labute approximate surface area is 128 Å². The molecule has 0 aliphatic heterocycles. The highest BCUT2D eigenvalue weighted by Gasteiger charge is 2.13. The molecule has 10 heteroatoms. The Hall–Kier alpha value is -2.19. The van der Waals surface area contributed by atoms with Crippen molar-refractivity contribution in [2.75, 3.05) is 5.32 Å². The molecule has 8 nitrogen and oxygen atoms in total. The van der Waals surface area contributed by atoms with E-state index in [4.69, 9.17) is 23.2 Å². The predicted octanol–water partition coefficient (Wildman–Crippen LogP) is 2.44. The summed E-state index contributed by atoms with van der Waals surface area (Å²) in [5.41, 5.74) is 0.991. The second-order valence-corrected chi connectivity index (χ2v) is 4.79. The van der Waals surface area contributed by atoms with E-state index < -0.39 is 10.8 Å². The summed E-state index contributed by atoms with van der Waals surface area (Å²) in [6.07, 6.45) is 0. The molecule has 1 heterocycles. The average Bonchev–Trinajstić information content (AvgIpc) is 2.70. The van der Waals surface area contributed by atoms with Gasteiger partial charge in [0, 0.05) is 17.8 Å². The van der Waals surface area contributed by atoms with Crippen molar-refractivity contribution in [3.63, 3.8) is 0 Å². The third-order valence-corrected chi connectivity index (χ3v) is 3.03. The quantitative estimate of drug-likeness (QED) is 0.685. The molecular formula is C11H9Cl2N5O3. The molecule has 0 unspecified atom stereocenters. The molecule has 0 bridgehead atoms. The minimum Gasteiger partial charge on any atom is -0.324 e. The molecular weight excluding hydrogens is 321 g/mol. The molecule has 0 fully saturated rings. The van der Waals surface area contributed by atoms with Crippen LogP contribution in [-0.4, -0.2) is 25.6 Å². The Morgan fingerprint density at radius 2 is 2.19 bits per heavy atom. The largest absolute Gasteiger partial charge is 0.324 e. The number of carbonyl (C=O) groups excluding carboxylic acids is 1. The van der Waals surface area contributed by atoms with Gasteiger partial charge in [0.05, 0.1) is 4.92 Å². The number of nitro groups is 1. The van der Waals surface area contributed by atoms with Gasteiger partial charge < -0.3 is 5.32 Å². The second kappa shape index (κ2) is 6.06. The van der Waals surface area contributed by atoms with Crippen LogP contribution in [-0.2, 0) is 11.3 Å². The van der Waals surface area contributed by atoms with E-state index in [9.17, 15) is 14.9 Å². The molecule has 1 amide bonds. The van der Waals surface area contributed by atoms with Gasteiger partial charge in [0.1, 0.15) is 6.54 Å².